The molecule has 0 amide bonds. The van der Waals surface area contributed by atoms with Gasteiger partial charge in [-0.2, -0.15) is 13.2 Å². The SMILES string of the molecule is OC(c1ccccc1F)c1cc(F)ccc1C(F)(F)F. The van der Waals surface area contributed by atoms with Crippen LogP contribution in [0.15, 0.2) is 42.5 Å². The molecule has 0 saturated heterocycles. The molecule has 2 rings (SSSR count). The van der Waals surface area contributed by atoms with Gasteiger partial charge in [0.25, 0.3) is 0 Å². The van der Waals surface area contributed by atoms with Gasteiger partial charge in [0.2, 0.25) is 0 Å². The van der Waals surface area contributed by atoms with E-state index in [1.165, 1.54) is 12.1 Å². The third-order valence-electron chi connectivity index (χ3n) is 2.81. The maximum absolute atomic E-state index is 13.5. The molecule has 0 radical (unpaired) electrons. The van der Waals surface area contributed by atoms with Gasteiger partial charge in [-0.3, -0.25) is 0 Å². The summed E-state index contributed by atoms with van der Waals surface area (Å²) in [5.74, 6) is -1.80. The molecule has 1 N–H and O–H groups in total. The third-order valence-corrected chi connectivity index (χ3v) is 2.81. The maximum Gasteiger partial charge on any atom is 0.416 e. The van der Waals surface area contributed by atoms with E-state index in [9.17, 15) is 27.1 Å². The van der Waals surface area contributed by atoms with Crippen LogP contribution in [-0.2, 0) is 6.18 Å². The van der Waals surface area contributed by atoms with E-state index in [-0.39, 0.29) is 5.56 Å². The van der Waals surface area contributed by atoms with Gasteiger partial charge in [-0.05, 0) is 24.3 Å². The van der Waals surface area contributed by atoms with Gasteiger partial charge in [0.05, 0.1) is 5.56 Å². The van der Waals surface area contributed by atoms with Gasteiger partial charge in [0.1, 0.15) is 17.7 Å². The Morgan fingerprint density at radius 2 is 1.55 bits per heavy atom. The van der Waals surface area contributed by atoms with Crippen molar-refractivity contribution in [3.8, 4) is 0 Å². The van der Waals surface area contributed by atoms with Gasteiger partial charge < -0.3 is 5.11 Å². The van der Waals surface area contributed by atoms with Crippen LogP contribution in [0.5, 0.6) is 0 Å². The van der Waals surface area contributed by atoms with Crippen LogP contribution in [0.2, 0.25) is 0 Å². The fourth-order valence-electron chi connectivity index (χ4n) is 1.88. The monoisotopic (exact) mass is 288 g/mol. The minimum atomic E-state index is -4.77. The molecule has 0 spiro atoms. The van der Waals surface area contributed by atoms with E-state index in [4.69, 9.17) is 0 Å². The summed E-state index contributed by atoms with van der Waals surface area (Å²) in [4.78, 5) is 0. The van der Waals surface area contributed by atoms with Crippen molar-refractivity contribution in [2.45, 2.75) is 12.3 Å². The number of rotatable bonds is 2. The Morgan fingerprint density at radius 3 is 2.15 bits per heavy atom. The van der Waals surface area contributed by atoms with E-state index >= 15 is 0 Å². The summed E-state index contributed by atoms with van der Waals surface area (Å²) in [6.07, 6.45) is -6.67. The molecule has 0 heterocycles. The molecular formula is C14H9F5O. The molecule has 1 unspecified atom stereocenters. The molecule has 0 aliphatic heterocycles. The second kappa shape index (κ2) is 5.20. The minimum Gasteiger partial charge on any atom is -0.384 e. The van der Waals surface area contributed by atoms with Crippen molar-refractivity contribution in [1.29, 1.82) is 0 Å². The van der Waals surface area contributed by atoms with Gasteiger partial charge in [-0.25, -0.2) is 8.78 Å². The fourth-order valence-corrected chi connectivity index (χ4v) is 1.88. The summed E-state index contributed by atoms with van der Waals surface area (Å²) < 4.78 is 65.1. The highest BCUT2D eigenvalue weighted by molar-refractivity contribution is 5.38. The predicted molar refractivity (Wildman–Crippen MR) is 61.9 cm³/mol. The summed E-state index contributed by atoms with van der Waals surface area (Å²) in [5.41, 5.74) is -2.26. The minimum absolute atomic E-state index is 0.344. The molecule has 0 bridgehead atoms. The number of halogens is 5. The Morgan fingerprint density at radius 1 is 0.900 bits per heavy atom. The zero-order valence-corrected chi connectivity index (χ0v) is 9.96. The number of aliphatic hydroxyl groups excluding tert-OH is 1. The smallest absolute Gasteiger partial charge is 0.384 e. The van der Waals surface area contributed by atoms with Crippen molar-refractivity contribution in [3.05, 3.63) is 70.8 Å². The van der Waals surface area contributed by atoms with Crippen LogP contribution in [0.25, 0.3) is 0 Å². The lowest BCUT2D eigenvalue weighted by Gasteiger charge is -2.18. The van der Waals surface area contributed by atoms with E-state index in [0.717, 1.165) is 12.1 Å². The molecule has 106 valence electrons. The molecule has 0 fully saturated rings. The molecule has 2 aromatic rings. The van der Waals surface area contributed by atoms with Crippen LogP contribution in [0, 0.1) is 11.6 Å². The molecule has 1 nitrogen and oxygen atoms in total. The van der Waals surface area contributed by atoms with Crippen molar-refractivity contribution in [1.82, 2.24) is 0 Å². The van der Waals surface area contributed by atoms with Crippen LogP contribution in [0.4, 0.5) is 22.0 Å². The van der Waals surface area contributed by atoms with Crippen molar-refractivity contribution in [2.75, 3.05) is 0 Å². The Labute approximate surface area is 111 Å². The zero-order valence-electron chi connectivity index (χ0n) is 9.96. The Balaban J connectivity index is 2.57. The summed E-state index contributed by atoms with van der Waals surface area (Å²) in [5, 5.41) is 9.93. The van der Waals surface area contributed by atoms with Crippen LogP contribution in [-0.4, -0.2) is 5.11 Å². The van der Waals surface area contributed by atoms with Gasteiger partial charge in [0, 0.05) is 11.1 Å². The highest BCUT2D eigenvalue weighted by Gasteiger charge is 2.35. The van der Waals surface area contributed by atoms with Gasteiger partial charge >= 0.3 is 6.18 Å². The summed E-state index contributed by atoms with van der Waals surface area (Å²) in [7, 11) is 0. The first-order chi connectivity index (χ1) is 9.30. The molecule has 2 aromatic carbocycles. The third kappa shape index (κ3) is 2.80. The number of hydrogen-bond acceptors (Lipinski definition) is 1. The van der Waals surface area contributed by atoms with Crippen LogP contribution >= 0.6 is 0 Å². The molecule has 0 aliphatic carbocycles. The number of hydrogen-bond donors (Lipinski definition) is 1. The Bertz CT molecular complexity index is 621. The summed E-state index contributed by atoms with van der Waals surface area (Å²) in [6, 6.07) is 6.57. The quantitative estimate of drug-likeness (QED) is 0.826. The van der Waals surface area contributed by atoms with E-state index < -0.39 is 35.0 Å². The number of alkyl halides is 3. The lowest BCUT2D eigenvalue weighted by molar-refractivity contribution is -0.139. The standard InChI is InChI=1S/C14H9F5O/c15-8-5-6-11(14(17,18)19)10(7-8)13(20)9-3-1-2-4-12(9)16/h1-7,13,20H. The lowest BCUT2D eigenvalue weighted by Crippen LogP contribution is -2.14. The van der Waals surface area contributed by atoms with Crippen LogP contribution < -0.4 is 0 Å². The maximum atomic E-state index is 13.5. The van der Waals surface area contributed by atoms with Crippen molar-refractivity contribution < 1.29 is 27.1 Å². The molecule has 0 saturated carbocycles. The molecule has 0 aliphatic rings. The van der Waals surface area contributed by atoms with Crippen molar-refractivity contribution in [2.24, 2.45) is 0 Å². The number of aliphatic hydroxyl groups is 1. The van der Waals surface area contributed by atoms with E-state index in [1.54, 1.807) is 0 Å². The highest BCUT2D eigenvalue weighted by atomic mass is 19.4. The van der Waals surface area contributed by atoms with E-state index in [2.05, 4.69) is 0 Å². The van der Waals surface area contributed by atoms with Gasteiger partial charge in [-0.1, -0.05) is 18.2 Å². The van der Waals surface area contributed by atoms with Gasteiger partial charge in [-0.15, -0.1) is 0 Å². The van der Waals surface area contributed by atoms with Gasteiger partial charge in [0.15, 0.2) is 0 Å². The first-order valence-corrected chi connectivity index (χ1v) is 5.60. The van der Waals surface area contributed by atoms with Crippen LogP contribution in [0.1, 0.15) is 22.8 Å². The second-order valence-corrected chi connectivity index (χ2v) is 4.15. The lowest BCUT2D eigenvalue weighted by atomic mass is 9.96. The molecule has 1 atom stereocenters. The zero-order chi connectivity index (χ0) is 14.9. The summed E-state index contributed by atoms with van der Waals surface area (Å²) >= 11 is 0. The average molecular weight is 288 g/mol. The predicted octanol–water partition coefficient (Wildman–Crippen LogP) is 4.07. The van der Waals surface area contributed by atoms with E-state index in [1.807, 2.05) is 0 Å². The molecular weight excluding hydrogens is 279 g/mol. The Kier molecular flexibility index (Phi) is 3.76. The fraction of sp³-hybridized carbons (Fsp3) is 0.143. The highest BCUT2D eigenvalue weighted by Crippen LogP contribution is 2.37. The molecule has 20 heavy (non-hydrogen) atoms. The summed E-state index contributed by atoms with van der Waals surface area (Å²) in [6.45, 7) is 0. The second-order valence-electron chi connectivity index (χ2n) is 4.15. The first-order valence-electron chi connectivity index (χ1n) is 5.60. The normalized spacial score (nSPS) is 13.3. The molecule has 0 aromatic heterocycles. The largest absolute Gasteiger partial charge is 0.416 e. The topological polar surface area (TPSA) is 20.2 Å². The van der Waals surface area contributed by atoms with Crippen molar-refractivity contribution >= 4 is 0 Å². The molecule has 6 heteroatoms. The van der Waals surface area contributed by atoms with Crippen molar-refractivity contribution in [3.63, 3.8) is 0 Å². The van der Waals surface area contributed by atoms with Crippen LogP contribution in [0.3, 0.4) is 0 Å². The Hall–Kier alpha value is -1.95. The average Bonchev–Trinajstić information content (AvgIpc) is 2.37. The number of benzene rings is 2. The first kappa shape index (κ1) is 14.5. The van der Waals surface area contributed by atoms with E-state index in [0.29, 0.717) is 18.2 Å².